The molecule has 4 rings (SSSR count). The fourth-order valence-corrected chi connectivity index (χ4v) is 5.23. The first-order valence-electron chi connectivity index (χ1n) is 8.47. The first kappa shape index (κ1) is 17.4. The largest absolute Gasteiger partial charge is 0.346 e. The molecule has 0 aliphatic carbocycles. The SMILES string of the molecule is Cc1cn(-c2cc(C(C)OP(=O)(N3CC3)N3CC3)ccc2[N+](=O)[O-])cn1. The lowest BCUT2D eigenvalue weighted by Crippen LogP contribution is -2.11. The topological polar surface area (TPSA) is 93.3 Å². The summed E-state index contributed by atoms with van der Waals surface area (Å²) in [5.41, 5.74) is 1.90. The maximum atomic E-state index is 13.2. The summed E-state index contributed by atoms with van der Waals surface area (Å²) in [5, 5.41) is 11.4. The van der Waals surface area contributed by atoms with Crippen molar-refractivity contribution in [1.29, 1.82) is 0 Å². The standard InChI is InChI=1S/C16H20N5O4P/c1-12-10-18(11-17-12)16-9-14(3-4-15(16)21(22)23)13(2)25-26(24,19-5-6-19)20-7-8-20/h3-4,9-11,13H,5-8H2,1-2H3. The molecule has 9 nitrogen and oxygen atoms in total. The highest BCUT2D eigenvalue weighted by Gasteiger charge is 2.50. The predicted octanol–water partition coefficient (Wildman–Crippen LogP) is 2.91. The molecule has 0 amide bonds. The Labute approximate surface area is 150 Å². The fourth-order valence-electron chi connectivity index (χ4n) is 2.88. The first-order valence-corrected chi connectivity index (χ1v) is 10.00. The average molecular weight is 377 g/mol. The molecule has 2 aromatic rings. The predicted molar refractivity (Wildman–Crippen MR) is 95.2 cm³/mol. The van der Waals surface area contributed by atoms with Crippen molar-refractivity contribution in [3.63, 3.8) is 0 Å². The highest BCUT2D eigenvalue weighted by atomic mass is 31.2. The van der Waals surface area contributed by atoms with E-state index in [1.54, 1.807) is 29.2 Å². The molecule has 1 unspecified atom stereocenters. The third kappa shape index (κ3) is 3.19. The lowest BCUT2D eigenvalue weighted by molar-refractivity contribution is -0.384. The van der Waals surface area contributed by atoms with Gasteiger partial charge in [-0.1, -0.05) is 0 Å². The summed E-state index contributed by atoms with van der Waals surface area (Å²) in [6.45, 7) is 6.76. The van der Waals surface area contributed by atoms with E-state index in [-0.39, 0.29) is 5.69 Å². The number of benzene rings is 1. The van der Waals surface area contributed by atoms with Crippen LogP contribution in [0.2, 0.25) is 0 Å². The molecule has 2 aliphatic heterocycles. The van der Waals surface area contributed by atoms with Crippen LogP contribution in [0, 0.1) is 17.0 Å². The molecular formula is C16H20N5O4P. The quantitative estimate of drug-likeness (QED) is 0.317. The Morgan fingerprint density at radius 3 is 2.42 bits per heavy atom. The Bertz CT molecular complexity index is 890. The number of rotatable bonds is 7. The van der Waals surface area contributed by atoms with Crippen molar-refractivity contribution in [2.75, 3.05) is 26.2 Å². The van der Waals surface area contributed by atoms with E-state index in [0.29, 0.717) is 5.69 Å². The second-order valence-electron chi connectivity index (χ2n) is 6.57. The van der Waals surface area contributed by atoms with Gasteiger partial charge in [-0.3, -0.25) is 23.8 Å². The van der Waals surface area contributed by atoms with Gasteiger partial charge in [0, 0.05) is 38.4 Å². The van der Waals surface area contributed by atoms with Crippen LogP contribution >= 0.6 is 7.67 Å². The highest BCUT2D eigenvalue weighted by Crippen LogP contribution is 2.63. The molecule has 0 saturated carbocycles. The van der Waals surface area contributed by atoms with E-state index >= 15 is 0 Å². The van der Waals surface area contributed by atoms with Gasteiger partial charge in [0.05, 0.1) is 23.0 Å². The molecule has 2 aliphatic rings. The first-order chi connectivity index (χ1) is 12.4. The second kappa shape index (κ2) is 6.28. The van der Waals surface area contributed by atoms with E-state index in [2.05, 4.69) is 4.98 Å². The Morgan fingerprint density at radius 1 is 1.27 bits per heavy atom. The van der Waals surface area contributed by atoms with Crippen LogP contribution in [0.3, 0.4) is 0 Å². The van der Waals surface area contributed by atoms with Gasteiger partial charge in [0.15, 0.2) is 0 Å². The van der Waals surface area contributed by atoms with Crippen molar-refractivity contribution in [3.8, 4) is 5.69 Å². The van der Waals surface area contributed by atoms with E-state index < -0.39 is 18.7 Å². The van der Waals surface area contributed by atoms with Crippen molar-refractivity contribution in [1.82, 2.24) is 18.9 Å². The van der Waals surface area contributed by atoms with Gasteiger partial charge in [0.25, 0.3) is 5.69 Å². The number of hydrogen-bond acceptors (Lipinski definition) is 5. The lowest BCUT2D eigenvalue weighted by Gasteiger charge is -2.24. The van der Waals surface area contributed by atoms with Crippen LogP contribution in [0.5, 0.6) is 0 Å². The van der Waals surface area contributed by atoms with Gasteiger partial charge < -0.3 is 0 Å². The molecule has 1 aromatic carbocycles. The summed E-state index contributed by atoms with van der Waals surface area (Å²) >= 11 is 0. The zero-order chi connectivity index (χ0) is 18.5. The van der Waals surface area contributed by atoms with E-state index in [1.165, 1.54) is 6.07 Å². The van der Waals surface area contributed by atoms with E-state index in [1.807, 2.05) is 23.2 Å². The van der Waals surface area contributed by atoms with Crippen molar-refractivity contribution < 1.29 is 14.0 Å². The molecular weight excluding hydrogens is 357 g/mol. The van der Waals surface area contributed by atoms with Gasteiger partial charge in [-0.2, -0.15) is 0 Å². The monoisotopic (exact) mass is 377 g/mol. The van der Waals surface area contributed by atoms with Crippen molar-refractivity contribution >= 4 is 13.4 Å². The van der Waals surface area contributed by atoms with Crippen LogP contribution in [0.1, 0.15) is 24.3 Å². The summed E-state index contributed by atoms with van der Waals surface area (Å²) in [6, 6.07) is 4.82. The number of aromatic nitrogens is 2. The Morgan fingerprint density at radius 2 is 1.92 bits per heavy atom. The Kier molecular flexibility index (Phi) is 4.19. The summed E-state index contributed by atoms with van der Waals surface area (Å²) in [4.78, 5) is 15.1. The fraction of sp³-hybridized carbons (Fsp3) is 0.438. The third-order valence-corrected chi connectivity index (χ3v) is 7.33. The van der Waals surface area contributed by atoms with Crippen LogP contribution in [-0.2, 0) is 9.09 Å². The van der Waals surface area contributed by atoms with Crippen LogP contribution < -0.4 is 0 Å². The molecule has 26 heavy (non-hydrogen) atoms. The second-order valence-corrected chi connectivity index (χ2v) is 8.90. The number of nitrogens with zero attached hydrogens (tertiary/aromatic N) is 5. The Balaban J connectivity index is 1.66. The van der Waals surface area contributed by atoms with Gasteiger partial charge >= 0.3 is 7.67 Å². The lowest BCUT2D eigenvalue weighted by atomic mass is 10.1. The number of hydrogen-bond donors (Lipinski definition) is 0. The van der Waals surface area contributed by atoms with Gasteiger partial charge in [0.2, 0.25) is 0 Å². The summed E-state index contributed by atoms with van der Waals surface area (Å²) in [5.74, 6) is 0. The number of imidazole rings is 1. The number of nitro benzene ring substituents is 1. The molecule has 1 aromatic heterocycles. The summed E-state index contributed by atoms with van der Waals surface area (Å²) in [7, 11) is -2.96. The van der Waals surface area contributed by atoms with Crippen molar-refractivity contribution in [2.24, 2.45) is 0 Å². The van der Waals surface area contributed by atoms with E-state index in [4.69, 9.17) is 4.52 Å². The minimum absolute atomic E-state index is 0.0154. The van der Waals surface area contributed by atoms with Gasteiger partial charge in [-0.15, -0.1) is 0 Å². The van der Waals surface area contributed by atoms with Crippen LogP contribution in [0.15, 0.2) is 30.7 Å². The third-order valence-electron chi connectivity index (χ3n) is 4.51. The zero-order valence-electron chi connectivity index (χ0n) is 14.6. The molecule has 0 spiro atoms. The van der Waals surface area contributed by atoms with Crippen LogP contribution in [0.25, 0.3) is 5.69 Å². The summed E-state index contributed by atoms with van der Waals surface area (Å²) in [6.07, 6.45) is 2.82. The normalized spacial score (nSPS) is 18.7. The molecule has 0 radical (unpaired) electrons. The molecule has 1 atom stereocenters. The maximum absolute atomic E-state index is 13.2. The van der Waals surface area contributed by atoms with E-state index in [0.717, 1.165) is 37.4 Å². The average Bonchev–Trinajstić information content (AvgIpc) is 3.51. The van der Waals surface area contributed by atoms with Gasteiger partial charge in [-0.05, 0) is 31.5 Å². The van der Waals surface area contributed by atoms with Gasteiger partial charge in [-0.25, -0.2) is 14.3 Å². The smallest absolute Gasteiger partial charge is 0.300 e. The number of aryl methyl sites for hydroxylation is 1. The minimum Gasteiger partial charge on any atom is -0.300 e. The molecule has 138 valence electrons. The molecule has 0 N–H and O–H groups in total. The zero-order valence-corrected chi connectivity index (χ0v) is 15.5. The maximum Gasteiger partial charge on any atom is 0.346 e. The molecule has 2 fully saturated rings. The van der Waals surface area contributed by atoms with Crippen LogP contribution in [0.4, 0.5) is 5.69 Å². The molecule has 0 bridgehead atoms. The van der Waals surface area contributed by atoms with Crippen molar-refractivity contribution in [2.45, 2.75) is 20.0 Å². The molecule has 10 heteroatoms. The Hall–Kier alpha value is -2.06. The molecule has 2 saturated heterocycles. The van der Waals surface area contributed by atoms with E-state index in [9.17, 15) is 14.7 Å². The van der Waals surface area contributed by atoms with Crippen molar-refractivity contribution in [3.05, 3.63) is 52.1 Å². The number of nitro groups is 1. The highest BCUT2D eigenvalue weighted by molar-refractivity contribution is 7.54. The molecule has 3 heterocycles. The van der Waals surface area contributed by atoms with Gasteiger partial charge in [0.1, 0.15) is 5.69 Å². The minimum atomic E-state index is -2.96. The van der Waals surface area contributed by atoms with Crippen LogP contribution in [-0.4, -0.2) is 50.0 Å². The summed E-state index contributed by atoms with van der Waals surface area (Å²) < 4.78 is 24.5.